The summed E-state index contributed by atoms with van der Waals surface area (Å²) in [6, 6.07) is 8.17. The predicted molar refractivity (Wildman–Crippen MR) is 213 cm³/mol. The van der Waals surface area contributed by atoms with E-state index in [2.05, 4.69) is 36.7 Å². The molecule has 1 aliphatic carbocycles. The number of nitrogens with one attached hydrogen (secondary N) is 5. The van der Waals surface area contributed by atoms with Gasteiger partial charge < -0.3 is 47.9 Å². The molecule has 9 N–H and O–H groups in total. The number of fused-ring (bicyclic) bond motifs is 1. The molecule has 0 spiro atoms. The summed E-state index contributed by atoms with van der Waals surface area (Å²) < 4.78 is 0. The molecule has 15 nitrogen and oxygen atoms in total. The lowest BCUT2D eigenvalue weighted by molar-refractivity contribution is -0.132. The number of piperidine rings is 1. The first kappa shape index (κ1) is 41.5. The minimum absolute atomic E-state index is 0.126. The number of aliphatic imine (C=N–C) groups is 1. The van der Waals surface area contributed by atoms with Gasteiger partial charge in [0.25, 0.3) is 0 Å². The molecular weight excluding hydrogens is 672 g/mol. The number of para-hydroxylation sites is 1. The van der Waals surface area contributed by atoms with Crippen molar-refractivity contribution in [1.29, 1.82) is 0 Å². The first-order valence-corrected chi connectivity index (χ1v) is 19.7. The standard InChI is InChI=1S/C38H62N12O3/c39-29(28-51)15-16-35(52)44-22-7-6-14-36(53)50-24-17-31(18-25-50)46-37-33-12-4-5-13-34(33)47-38(48-37)45-27-32(49-40)26-42-21-8-19-41-20-9-23-43-30-10-2-1-3-11-30/h4-5,12-13,26,28-31,41,43H,1-3,6-11,14-25,27,39-40H2,(H,44,52)(H2,45,46,47,48). The van der Waals surface area contributed by atoms with E-state index >= 15 is 0 Å². The largest absolute Gasteiger partial charge is 0.367 e. The molecule has 1 atom stereocenters. The van der Waals surface area contributed by atoms with E-state index in [0.29, 0.717) is 76.4 Å². The summed E-state index contributed by atoms with van der Waals surface area (Å²) in [7, 11) is 0. The average Bonchev–Trinajstić information content (AvgIpc) is 3.19. The molecule has 53 heavy (non-hydrogen) atoms. The molecule has 1 saturated carbocycles. The normalized spacial score (nSPS) is 16.5. The highest BCUT2D eigenvalue weighted by Gasteiger charge is 2.23. The predicted octanol–water partition coefficient (Wildman–Crippen LogP) is 2.72. The van der Waals surface area contributed by atoms with Crippen LogP contribution in [0, 0.1) is 0 Å². The van der Waals surface area contributed by atoms with Crippen molar-refractivity contribution < 1.29 is 14.4 Å². The van der Waals surface area contributed by atoms with Gasteiger partial charge in [-0.1, -0.05) is 31.4 Å². The van der Waals surface area contributed by atoms with Crippen LogP contribution in [0.2, 0.25) is 0 Å². The second-order valence-electron chi connectivity index (χ2n) is 14.1. The molecular formula is C38H62N12O3. The van der Waals surface area contributed by atoms with Crippen LogP contribution in [-0.2, 0) is 14.4 Å². The zero-order valence-corrected chi connectivity index (χ0v) is 31.4. The Morgan fingerprint density at radius 3 is 2.51 bits per heavy atom. The van der Waals surface area contributed by atoms with Crippen molar-refractivity contribution in [3.05, 3.63) is 24.3 Å². The first-order valence-electron chi connectivity index (χ1n) is 19.7. The molecule has 15 heteroatoms. The van der Waals surface area contributed by atoms with Crippen molar-refractivity contribution in [2.75, 3.05) is 63.0 Å². The molecule has 2 heterocycles. The van der Waals surface area contributed by atoms with Crippen LogP contribution in [0.25, 0.3) is 10.9 Å². The molecule has 0 bridgehead atoms. The number of nitrogens with two attached hydrogens (primary N) is 2. The number of unbranched alkanes of at least 4 members (excludes halogenated alkanes) is 1. The van der Waals surface area contributed by atoms with Crippen LogP contribution in [0.4, 0.5) is 11.8 Å². The Balaban J connectivity index is 1.13. The summed E-state index contributed by atoms with van der Waals surface area (Å²) in [5.41, 5.74) is 6.95. The Hall–Kier alpha value is -4.21. The Labute approximate surface area is 314 Å². The van der Waals surface area contributed by atoms with Gasteiger partial charge in [0.2, 0.25) is 17.8 Å². The van der Waals surface area contributed by atoms with E-state index in [1.807, 2.05) is 29.2 Å². The minimum atomic E-state index is -0.606. The number of amides is 2. The average molecular weight is 735 g/mol. The van der Waals surface area contributed by atoms with E-state index < -0.39 is 6.04 Å². The third kappa shape index (κ3) is 15.7. The van der Waals surface area contributed by atoms with Crippen LogP contribution in [0.5, 0.6) is 0 Å². The number of hydrogen-bond donors (Lipinski definition) is 7. The quantitative estimate of drug-likeness (QED) is 0.0274. The van der Waals surface area contributed by atoms with Crippen LogP contribution < -0.4 is 38.2 Å². The number of carbonyl (C=O) groups excluding carboxylic acids is 3. The number of rotatable bonds is 24. The van der Waals surface area contributed by atoms with Crippen LogP contribution in [0.3, 0.4) is 0 Å². The molecule has 2 fully saturated rings. The molecule has 2 aromatic rings. The highest BCUT2D eigenvalue weighted by atomic mass is 16.2. The van der Waals surface area contributed by atoms with Crippen molar-refractivity contribution in [3.63, 3.8) is 0 Å². The van der Waals surface area contributed by atoms with Gasteiger partial charge >= 0.3 is 0 Å². The van der Waals surface area contributed by atoms with Gasteiger partial charge in [-0.15, -0.1) is 0 Å². The lowest BCUT2D eigenvalue weighted by atomic mass is 9.95. The maximum absolute atomic E-state index is 12.9. The van der Waals surface area contributed by atoms with Gasteiger partial charge in [-0.05, 0) is 89.6 Å². The minimum Gasteiger partial charge on any atom is -0.367 e. The summed E-state index contributed by atoms with van der Waals surface area (Å²) in [6.07, 6.45) is 15.2. The Kier molecular flexibility index (Phi) is 18.9. The van der Waals surface area contributed by atoms with Gasteiger partial charge in [0.1, 0.15) is 12.1 Å². The van der Waals surface area contributed by atoms with E-state index in [0.717, 1.165) is 68.1 Å². The van der Waals surface area contributed by atoms with Crippen molar-refractivity contribution in [1.82, 2.24) is 30.8 Å². The van der Waals surface area contributed by atoms with Gasteiger partial charge in [0.05, 0.1) is 23.8 Å². The number of benzene rings is 1. The van der Waals surface area contributed by atoms with E-state index in [-0.39, 0.29) is 24.3 Å². The summed E-state index contributed by atoms with van der Waals surface area (Å²) in [4.78, 5) is 51.3. The zero-order valence-electron chi connectivity index (χ0n) is 31.4. The number of likely N-dealkylation sites (tertiary alicyclic amines) is 1. The van der Waals surface area contributed by atoms with Crippen molar-refractivity contribution in [2.45, 2.75) is 108 Å². The number of carbonyl (C=O) groups is 3. The SMILES string of the molecule is NN=C(C=NCCCNCCCNC1CCCCC1)CNc1nc(NC2CCN(C(=O)CCCCNC(=O)CCC(N)C=O)CC2)c2ccccc2n1. The molecule has 1 aromatic heterocycles. The molecule has 292 valence electrons. The van der Waals surface area contributed by atoms with Gasteiger partial charge in [0, 0.05) is 62.7 Å². The van der Waals surface area contributed by atoms with Gasteiger partial charge in [-0.25, -0.2) is 4.98 Å². The molecule has 1 saturated heterocycles. The van der Waals surface area contributed by atoms with Crippen LogP contribution in [0.1, 0.15) is 89.9 Å². The van der Waals surface area contributed by atoms with Crippen molar-refractivity contribution in [3.8, 4) is 0 Å². The summed E-state index contributed by atoms with van der Waals surface area (Å²) in [6.45, 7) is 5.89. The maximum Gasteiger partial charge on any atom is 0.225 e. The van der Waals surface area contributed by atoms with Crippen LogP contribution in [0.15, 0.2) is 34.4 Å². The number of hydrogen-bond acceptors (Lipinski definition) is 13. The summed E-state index contributed by atoms with van der Waals surface area (Å²) >= 11 is 0. The Morgan fingerprint density at radius 1 is 0.925 bits per heavy atom. The second-order valence-corrected chi connectivity index (χ2v) is 14.1. The highest BCUT2D eigenvalue weighted by Crippen LogP contribution is 2.25. The fourth-order valence-corrected chi connectivity index (χ4v) is 6.68. The topological polar surface area (TPSA) is 217 Å². The lowest BCUT2D eigenvalue weighted by Gasteiger charge is -2.33. The summed E-state index contributed by atoms with van der Waals surface area (Å²) in [5, 5.41) is 21.7. The van der Waals surface area contributed by atoms with E-state index in [1.165, 1.54) is 32.1 Å². The molecule has 4 rings (SSSR count). The van der Waals surface area contributed by atoms with Crippen molar-refractivity contribution in [2.24, 2.45) is 21.7 Å². The van der Waals surface area contributed by atoms with Crippen LogP contribution in [-0.4, -0.2) is 115 Å². The van der Waals surface area contributed by atoms with E-state index in [4.69, 9.17) is 21.5 Å². The second kappa shape index (κ2) is 24.2. The third-order valence-electron chi connectivity index (χ3n) is 9.85. The third-order valence-corrected chi connectivity index (χ3v) is 9.85. The smallest absolute Gasteiger partial charge is 0.225 e. The molecule has 1 aromatic carbocycles. The lowest BCUT2D eigenvalue weighted by Crippen LogP contribution is -2.42. The van der Waals surface area contributed by atoms with Crippen LogP contribution >= 0.6 is 0 Å². The van der Waals surface area contributed by atoms with Gasteiger partial charge in [-0.3, -0.25) is 14.6 Å². The molecule has 0 radical (unpaired) electrons. The fraction of sp³-hybridized carbons (Fsp3) is 0.658. The van der Waals surface area contributed by atoms with Gasteiger partial charge in [0.15, 0.2) is 0 Å². The molecule has 2 amide bonds. The van der Waals surface area contributed by atoms with Gasteiger partial charge in [-0.2, -0.15) is 10.1 Å². The van der Waals surface area contributed by atoms with E-state index in [1.54, 1.807) is 6.21 Å². The molecule has 1 unspecified atom stereocenters. The summed E-state index contributed by atoms with van der Waals surface area (Å²) in [5.74, 6) is 6.90. The number of anilines is 2. The fourth-order valence-electron chi connectivity index (χ4n) is 6.68. The maximum atomic E-state index is 12.9. The number of hydrazone groups is 1. The zero-order chi connectivity index (χ0) is 37.5. The molecule has 2 aliphatic rings. The Morgan fingerprint density at radius 2 is 1.72 bits per heavy atom. The van der Waals surface area contributed by atoms with E-state index in [9.17, 15) is 14.4 Å². The monoisotopic (exact) mass is 735 g/mol. The number of aromatic nitrogens is 2. The number of aldehydes is 1. The first-order chi connectivity index (χ1) is 25.9. The number of nitrogens with zero attached hydrogens (tertiary/aromatic N) is 5. The Bertz CT molecular complexity index is 1460. The van der Waals surface area contributed by atoms with Crippen molar-refractivity contribution >= 4 is 52.7 Å². The highest BCUT2D eigenvalue weighted by molar-refractivity contribution is 6.32. The molecule has 1 aliphatic heterocycles.